The summed E-state index contributed by atoms with van der Waals surface area (Å²) < 4.78 is 5.56. The Labute approximate surface area is 130 Å². The quantitative estimate of drug-likeness (QED) is 0.806. The number of hydrogen-bond donors (Lipinski definition) is 2. The van der Waals surface area contributed by atoms with Crippen molar-refractivity contribution in [2.45, 2.75) is 25.3 Å². The van der Waals surface area contributed by atoms with E-state index in [9.17, 15) is 14.4 Å². The van der Waals surface area contributed by atoms with Gasteiger partial charge in [-0.1, -0.05) is 0 Å². The number of carbonyl (C=O) groups is 3. The van der Waals surface area contributed by atoms with E-state index in [4.69, 9.17) is 10.2 Å². The molecule has 0 spiro atoms. The lowest BCUT2D eigenvalue weighted by Gasteiger charge is -2.22. The van der Waals surface area contributed by atoms with Crippen LogP contribution in [0.15, 0.2) is 21.2 Å². The molecule has 1 aromatic rings. The van der Waals surface area contributed by atoms with Gasteiger partial charge in [-0.3, -0.25) is 14.4 Å². The molecule has 2 heterocycles. The number of primary amides is 1. The number of furan rings is 1. The molecule has 3 amide bonds. The molecule has 0 bridgehead atoms. The number of amides is 3. The highest BCUT2D eigenvalue weighted by atomic mass is 79.9. The Bertz CT molecular complexity index is 557. The Morgan fingerprint density at radius 2 is 2.19 bits per heavy atom. The highest BCUT2D eigenvalue weighted by Crippen LogP contribution is 2.17. The first kappa shape index (κ1) is 15.6. The standard InChI is InChI=1S/C13H16BrN3O4/c14-10-4-3-9(21-10)13(20)16-6-5-11(18)17-7-1-2-8(17)12(15)19/h3-4,8H,1-2,5-7H2,(H2,15,19)(H,16,20). The Kier molecular flexibility index (Phi) is 5.00. The van der Waals surface area contributed by atoms with Gasteiger partial charge in [-0.2, -0.15) is 0 Å². The summed E-state index contributed by atoms with van der Waals surface area (Å²) in [5, 5.41) is 2.59. The summed E-state index contributed by atoms with van der Waals surface area (Å²) >= 11 is 3.11. The van der Waals surface area contributed by atoms with E-state index >= 15 is 0 Å². The predicted molar refractivity (Wildman–Crippen MR) is 77.3 cm³/mol. The van der Waals surface area contributed by atoms with Crippen molar-refractivity contribution < 1.29 is 18.8 Å². The van der Waals surface area contributed by atoms with Gasteiger partial charge in [0.1, 0.15) is 6.04 Å². The van der Waals surface area contributed by atoms with E-state index < -0.39 is 11.9 Å². The fourth-order valence-electron chi connectivity index (χ4n) is 2.31. The SMILES string of the molecule is NC(=O)C1CCCN1C(=O)CCNC(=O)c1ccc(Br)o1. The van der Waals surface area contributed by atoms with Crippen molar-refractivity contribution in [2.24, 2.45) is 5.73 Å². The van der Waals surface area contributed by atoms with Gasteiger partial charge in [-0.25, -0.2) is 0 Å². The molecule has 1 aromatic heterocycles. The zero-order valence-corrected chi connectivity index (χ0v) is 12.9. The van der Waals surface area contributed by atoms with Gasteiger partial charge < -0.3 is 20.4 Å². The molecule has 1 atom stereocenters. The van der Waals surface area contributed by atoms with Crippen LogP contribution in [0.2, 0.25) is 0 Å². The van der Waals surface area contributed by atoms with Crippen LogP contribution in [-0.4, -0.2) is 41.8 Å². The van der Waals surface area contributed by atoms with Crippen LogP contribution in [0.1, 0.15) is 29.8 Å². The van der Waals surface area contributed by atoms with Crippen LogP contribution in [0, 0.1) is 0 Å². The molecule has 0 radical (unpaired) electrons. The van der Waals surface area contributed by atoms with Gasteiger partial charge in [0.2, 0.25) is 11.8 Å². The summed E-state index contributed by atoms with van der Waals surface area (Å²) in [7, 11) is 0. The molecule has 2 rings (SSSR count). The second-order valence-corrected chi connectivity index (χ2v) is 5.54. The van der Waals surface area contributed by atoms with Gasteiger partial charge in [0.15, 0.2) is 10.4 Å². The largest absolute Gasteiger partial charge is 0.444 e. The average molecular weight is 358 g/mol. The van der Waals surface area contributed by atoms with E-state index in [2.05, 4.69) is 21.2 Å². The van der Waals surface area contributed by atoms with Crippen LogP contribution in [0.4, 0.5) is 0 Å². The molecule has 1 fully saturated rings. The summed E-state index contributed by atoms with van der Waals surface area (Å²) in [4.78, 5) is 36.4. The Balaban J connectivity index is 1.79. The zero-order valence-electron chi connectivity index (χ0n) is 11.3. The topological polar surface area (TPSA) is 106 Å². The summed E-state index contributed by atoms with van der Waals surface area (Å²) in [5.74, 6) is -0.880. The number of nitrogens with zero attached hydrogens (tertiary/aromatic N) is 1. The third-order valence-corrected chi connectivity index (χ3v) is 3.75. The average Bonchev–Trinajstić information content (AvgIpc) is 3.06. The highest BCUT2D eigenvalue weighted by Gasteiger charge is 2.32. The number of rotatable bonds is 5. The van der Waals surface area contributed by atoms with Gasteiger partial charge in [0.05, 0.1) is 0 Å². The maximum atomic E-state index is 12.0. The summed E-state index contributed by atoms with van der Waals surface area (Å²) in [6.07, 6.45) is 1.50. The van der Waals surface area contributed by atoms with Crippen LogP contribution in [0.5, 0.6) is 0 Å². The number of likely N-dealkylation sites (tertiary alicyclic amines) is 1. The van der Waals surface area contributed by atoms with Crippen molar-refractivity contribution in [1.29, 1.82) is 0 Å². The lowest BCUT2D eigenvalue weighted by Crippen LogP contribution is -2.44. The molecule has 114 valence electrons. The molecule has 0 saturated carbocycles. The molecule has 1 saturated heterocycles. The zero-order chi connectivity index (χ0) is 15.4. The third kappa shape index (κ3) is 3.84. The minimum absolute atomic E-state index is 0.122. The van der Waals surface area contributed by atoms with Crippen molar-refractivity contribution in [3.63, 3.8) is 0 Å². The maximum Gasteiger partial charge on any atom is 0.287 e. The van der Waals surface area contributed by atoms with Crippen LogP contribution in [0.25, 0.3) is 0 Å². The Morgan fingerprint density at radius 1 is 1.43 bits per heavy atom. The number of nitrogens with two attached hydrogens (primary N) is 1. The monoisotopic (exact) mass is 357 g/mol. The fourth-order valence-corrected chi connectivity index (χ4v) is 2.62. The van der Waals surface area contributed by atoms with Crippen LogP contribution in [0.3, 0.4) is 0 Å². The summed E-state index contributed by atoms with van der Waals surface area (Å²) in [6.45, 7) is 0.712. The molecular formula is C13H16BrN3O4. The molecular weight excluding hydrogens is 342 g/mol. The molecule has 21 heavy (non-hydrogen) atoms. The number of hydrogen-bond acceptors (Lipinski definition) is 4. The van der Waals surface area contributed by atoms with Crippen molar-refractivity contribution in [3.8, 4) is 0 Å². The predicted octanol–water partition coefficient (Wildman–Crippen LogP) is 0.638. The van der Waals surface area contributed by atoms with Crippen molar-refractivity contribution in [2.75, 3.05) is 13.1 Å². The van der Waals surface area contributed by atoms with Gasteiger partial charge in [-0.05, 0) is 40.9 Å². The van der Waals surface area contributed by atoms with E-state index in [0.717, 1.165) is 6.42 Å². The minimum Gasteiger partial charge on any atom is -0.444 e. The van der Waals surface area contributed by atoms with Crippen LogP contribution in [-0.2, 0) is 9.59 Å². The first-order valence-corrected chi connectivity index (χ1v) is 7.40. The molecule has 1 aliphatic heterocycles. The molecule has 3 N–H and O–H groups in total. The summed E-state index contributed by atoms with van der Waals surface area (Å²) in [6, 6.07) is 2.63. The van der Waals surface area contributed by atoms with Crippen molar-refractivity contribution in [3.05, 3.63) is 22.6 Å². The first-order chi connectivity index (χ1) is 9.99. The number of halogens is 1. The molecule has 0 aromatic carbocycles. The Hall–Kier alpha value is -1.83. The molecule has 8 heteroatoms. The molecule has 7 nitrogen and oxygen atoms in total. The van der Waals surface area contributed by atoms with E-state index in [1.807, 2.05) is 0 Å². The highest BCUT2D eigenvalue weighted by molar-refractivity contribution is 9.10. The smallest absolute Gasteiger partial charge is 0.287 e. The van der Waals surface area contributed by atoms with Crippen LogP contribution < -0.4 is 11.1 Å². The van der Waals surface area contributed by atoms with Gasteiger partial charge >= 0.3 is 0 Å². The van der Waals surface area contributed by atoms with Crippen LogP contribution >= 0.6 is 15.9 Å². The van der Waals surface area contributed by atoms with Crippen molar-refractivity contribution in [1.82, 2.24) is 10.2 Å². The lowest BCUT2D eigenvalue weighted by atomic mass is 10.2. The molecule has 1 aliphatic rings. The number of carbonyl (C=O) groups excluding carboxylic acids is 3. The van der Waals surface area contributed by atoms with E-state index in [1.54, 1.807) is 6.07 Å². The van der Waals surface area contributed by atoms with Crippen molar-refractivity contribution >= 4 is 33.7 Å². The molecule has 0 aliphatic carbocycles. The second kappa shape index (κ2) is 6.75. The normalized spacial score (nSPS) is 17.8. The van der Waals surface area contributed by atoms with Gasteiger partial charge in [-0.15, -0.1) is 0 Å². The Morgan fingerprint density at radius 3 is 2.81 bits per heavy atom. The molecule has 1 unspecified atom stereocenters. The lowest BCUT2D eigenvalue weighted by molar-refractivity contribution is -0.137. The van der Waals surface area contributed by atoms with Gasteiger partial charge in [0, 0.05) is 19.5 Å². The fraction of sp³-hybridized carbons (Fsp3) is 0.462. The number of nitrogens with one attached hydrogen (secondary N) is 1. The second-order valence-electron chi connectivity index (χ2n) is 4.76. The van der Waals surface area contributed by atoms with E-state index in [1.165, 1.54) is 11.0 Å². The maximum absolute atomic E-state index is 12.0. The summed E-state index contributed by atoms with van der Waals surface area (Å²) in [5.41, 5.74) is 5.26. The first-order valence-electron chi connectivity index (χ1n) is 6.61. The minimum atomic E-state index is -0.519. The van der Waals surface area contributed by atoms with E-state index in [-0.39, 0.29) is 30.5 Å². The van der Waals surface area contributed by atoms with Gasteiger partial charge in [0.25, 0.3) is 5.91 Å². The van der Waals surface area contributed by atoms with E-state index in [0.29, 0.717) is 17.6 Å². The third-order valence-electron chi connectivity index (χ3n) is 3.32.